The molecule has 0 saturated carbocycles. The van der Waals surface area contributed by atoms with E-state index in [1.54, 1.807) is 24.3 Å². The van der Waals surface area contributed by atoms with Crippen molar-refractivity contribution in [1.29, 1.82) is 0 Å². The lowest BCUT2D eigenvalue weighted by Gasteiger charge is -2.40. The highest BCUT2D eigenvalue weighted by Crippen LogP contribution is 2.44. The number of hydrogen-bond acceptors (Lipinski definition) is 7. The molecule has 1 fully saturated rings. The number of phenolic OH excluding ortho intramolecular Hbond substituents is 2. The van der Waals surface area contributed by atoms with E-state index in [1.165, 1.54) is 24.0 Å². The van der Waals surface area contributed by atoms with Crippen LogP contribution in [0.25, 0.3) is 5.57 Å². The van der Waals surface area contributed by atoms with Gasteiger partial charge in [-0.15, -0.1) is 13.2 Å². The molecule has 7 nitrogen and oxygen atoms in total. The van der Waals surface area contributed by atoms with Crippen LogP contribution in [-0.2, 0) is 9.47 Å². The van der Waals surface area contributed by atoms with Crippen LogP contribution in [0.1, 0.15) is 113 Å². The van der Waals surface area contributed by atoms with Gasteiger partial charge in [-0.1, -0.05) is 148 Å². The van der Waals surface area contributed by atoms with Crippen LogP contribution in [0.3, 0.4) is 0 Å². The number of nitrogens with zero attached hydrogens (tertiary/aromatic N) is 3. The summed E-state index contributed by atoms with van der Waals surface area (Å²) >= 11 is 0. The van der Waals surface area contributed by atoms with Gasteiger partial charge in [0, 0.05) is 58.8 Å². The van der Waals surface area contributed by atoms with Crippen LogP contribution >= 0.6 is 0 Å². The molecule has 0 atom stereocenters. The minimum Gasteiger partial charge on any atom is -0.508 e. The van der Waals surface area contributed by atoms with Gasteiger partial charge in [0.25, 0.3) is 0 Å². The van der Waals surface area contributed by atoms with Crippen molar-refractivity contribution in [3.8, 4) is 11.5 Å². The Balaban J connectivity index is 0.000000733. The lowest BCUT2D eigenvalue weighted by Crippen LogP contribution is -2.45. The first-order chi connectivity index (χ1) is 34.7. The smallest absolute Gasteiger partial charge is 0.115 e. The molecule has 2 N–H and O–H groups in total. The lowest BCUT2D eigenvalue weighted by molar-refractivity contribution is -0.150. The second kappa shape index (κ2) is 34.7. The Bertz CT molecular complexity index is 2310. The lowest BCUT2D eigenvalue weighted by atomic mass is 9.84. The Morgan fingerprint density at radius 1 is 0.690 bits per heavy atom. The number of allylic oxidation sites excluding steroid dienone is 9. The molecule has 0 spiro atoms. The van der Waals surface area contributed by atoms with Crippen molar-refractivity contribution in [1.82, 2.24) is 0 Å². The third-order valence-electron chi connectivity index (χ3n) is 11.2. The van der Waals surface area contributed by atoms with Crippen molar-refractivity contribution in [2.24, 2.45) is 5.41 Å². The van der Waals surface area contributed by atoms with Crippen LogP contribution < -0.4 is 14.7 Å². The summed E-state index contributed by atoms with van der Waals surface area (Å²) in [6, 6.07) is 40.2. The van der Waals surface area contributed by atoms with E-state index < -0.39 is 0 Å². The van der Waals surface area contributed by atoms with Gasteiger partial charge < -0.3 is 34.4 Å². The first-order valence-electron chi connectivity index (χ1n) is 25.9. The molecular weight excluding hydrogens is 875 g/mol. The van der Waals surface area contributed by atoms with Crippen LogP contribution in [0.2, 0.25) is 0 Å². The minimum absolute atomic E-state index is 0.194. The molecule has 0 radical (unpaired) electrons. The zero-order valence-electron chi connectivity index (χ0n) is 45.2. The first kappa shape index (κ1) is 60.6. The normalized spacial score (nSPS) is 13.0. The molecule has 1 aliphatic carbocycles. The van der Waals surface area contributed by atoms with Gasteiger partial charge in [0.15, 0.2) is 0 Å². The zero-order chi connectivity index (χ0) is 52.4. The maximum absolute atomic E-state index is 10.2. The molecular formula is C64H87N3O4. The molecule has 5 aromatic rings. The maximum Gasteiger partial charge on any atom is 0.115 e. The molecule has 0 amide bonds. The number of para-hydroxylation sites is 2. The van der Waals surface area contributed by atoms with Gasteiger partial charge in [0.2, 0.25) is 0 Å². The third-order valence-corrected chi connectivity index (χ3v) is 11.2. The van der Waals surface area contributed by atoms with Gasteiger partial charge >= 0.3 is 0 Å². The molecule has 1 saturated heterocycles. The predicted octanol–water partition coefficient (Wildman–Crippen LogP) is 18.7. The van der Waals surface area contributed by atoms with Crippen LogP contribution in [0.5, 0.6) is 11.5 Å². The minimum atomic E-state index is 0.194. The summed E-state index contributed by atoms with van der Waals surface area (Å²) in [5, 5.41) is 20.5. The Morgan fingerprint density at radius 3 is 1.75 bits per heavy atom. The average Bonchev–Trinajstić information content (AvgIpc) is 3.69. The summed E-state index contributed by atoms with van der Waals surface area (Å²) < 4.78 is 10.7. The van der Waals surface area contributed by atoms with Gasteiger partial charge in [-0.3, -0.25) is 0 Å². The van der Waals surface area contributed by atoms with Crippen LogP contribution in [0, 0.1) is 5.41 Å². The van der Waals surface area contributed by atoms with E-state index >= 15 is 0 Å². The summed E-state index contributed by atoms with van der Waals surface area (Å²) in [5.41, 5.74) is 10.7. The van der Waals surface area contributed by atoms with Crippen LogP contribution in [-0.4, -0.2) is 43.7 Å². The maximum atomic E-state index is 10.2. The van der Waals surface area contributed by atoms with Crippen LogP contribution in [0.4, 0.5) is 39.8 Å². The van der Waals surface area contributed by atoms with Crippen molar-refractivity contribution in [3.05, 3.63) is 194 Å². The highest BCUT2D eigenvalue weighted by molar-refractivity contribution is 5.87. The Kier molecular flexibility index (Phi) is 29.6. The molecule has 0 bridgehead atoms. The number of phenols is 2. The standard InChI is InChI=1S/C46H45N3O2.C9H18O2.C3H8.2C2H6.C2H4/c1-4-6-17-35(16-5-2)45-22-14-15-23-46(45)47(3)40-32-41(48(37-20-12-9-13-21-37)36-18-10-7-8-11-19-36)34-42(33-40)49(38-24-28-43(50)29-25-38)39-26-30-44(51)31-27-39;1-3-5-10-6-9(4-2)7-11-8-9;1-3-2;3*1-2/h4,6-10,12-16,18-34,50-51H,5,11,17H2,1-3H3;3-8H2,1-2H3;3H2,1-2H3;2*1-2H3;1-2H2/b6-4-,35-16+;;;;;. The summed E-state index contributed by atoms with van der Waals surface area (Å²) in [6.07, 6.45) is 23.5. The zero-order valence-corrected chi connectivity index (χ0v) is 45.2. The fourth-order valence-electron chi connectivity index (χ4n) is 7.62. The van der Waals surface area contributed by atoms with Crippen LogP contribution in [0.15, 0.2) is 189 Å². The van der Waals surface area contributed by atoms with E-state index in [0.717, 1.165) is 97.6 Å². The molecule has 1 heterocycles. The largest absolute Gasteiger partial charge is 0.508 e. The quantitative estimate of drug-likeness (QED) is 0.0711. The molecule has 7 heteroatoms. The highest BCUT2D eigenvalue weighted by Gasteiger charge is 2.36. The number of rotatable bonds is 17. The fourth-order valence-corrected chi connectivity index (χ4v) is 7.62. The molecule has 382 valence electrons. The predicted molar refractivity (Wildman–Crippen MR) is 311 cm³/mol. The molecule has 0 aromatic heterocycles. The van der Waals surface area contributed by atoms with E-state index in [9.17, 15) is 10.2 Å². The number of anilines is 7. The van der Waals surface area contributed by atoms with Gasteiger partial charge in [0.1, 0.15) is 11.5 Å². The number of hydrogen-bond donors (Lipinski definition) is 2. The third kappa shape index (κ3) is 18.6. The van der Waals surface area contributed by atoms with E-state index in [1.807, 2.05) is 58.0 Å². The topological polar surface area (TPSA) is 68.6 Å². The Hall–Kier alpha value is -6.54. The van der Waals surface area contributed by atoms with E-state index in [-0.39, 0.29) is 11.5 Å². The summed E-state index contributed by atoms with van der Waals surface area (Å²) in [6.45, 7) is 30.4. The monoisotopic (exact) mass is 962 g/mol. The van der Waals surface area contributed by atoms with Crippen molar-refractivity contribution < 1.29 is 19.7 Å². The van der Waals surface area contributed by atoms with Gasteiger partial charge in [0.05, 0.1) is 31.2 Å². The second-order valence-electron chi connectivity index (χ2n) is 16.5. The SMILES string of the molecule is C/C=C\C/C(=C\CC)c1ccccc1N(C)c1cc(N(C2=CCC=CC=C2)c2ccccc2)cc(N(c2ccc(O)cc2)c2ccc(O)cc2)c1.C=C.CC.CC.CCC.CCCOCC1(CC)COC1. The number of ether oxygens (including phenoxy) is 2. The summed E-state index contributed by atoms with van der Waals surface area (Å²) in [7, 11) is 2.13. The summed E-state index contributed by atoms with van der Waals surface area (Å²) in [5.74, 6) is 0.389. The highest BCUT2D eigenvalue weighted by atomic mass is 16.5. The molecule has 5 aromatic carbocycles. The number of aromatic hydroxyl groups is 2. The number of benzene rings is 5. The van der Waals surface area contributed by atoms with E-state index in [4.69, 9.17) is 9.47 Å². The molecule has 71 heavy (non-hydrogen) atoms. The fraction of sp³-hybridized carbons (Fsp3) is 0.344. The Labute approximate surface area is 430 Å². The van der Waals surface area contributed by atoms with Crippen molar-refractivity contribution in [2.45, 2.75) is 108 Å². The van der Waals surface area contributed by atoms with Gasteiger partial charge in [-0.2, -0.15) is 0 Å². The Morgan fingerprint density at radius 2 is 1.23 bits per heavy atom. The van der Waals surface area contributed by atoms with Crippen molar-refractivity contribution in [3.63, 3.8) is 0 Å². The average molecular weight is 962 g/mol. The van der Waals surface area contributed by atoms with Gasteiger partial charge in [-0.25, -0.2) is 0 Å². The van der Waals surface area contributed by atoms with Gasteiger partial charge in [-0.05, 0) is 136 Å². The first-order valence-corrected chi connectivity index (χ1v) is 25.9. The second-order valence-corrected chi connectivity index (χ2v) is 16.5. The van der Waals surface area contributed by atoms with Crippen molar-refractivity contribution in [2.75, 3.05) is 48.2 Å². The summed E-state index contributed by atoms with van der Waals surface area (Å²) in [4.78, 5) is 6.73. The molecule has 2 aliphatic rings. The van der Waals surface area contributed by atoms with Crippen molar-refractivity contribution >= 4 is 45.4 Å². The molecule has 0 unspecified atom stereocenters. The van der Waals surface area contributed by atoms with E-state index in [0.29, 0.717) is 5.41 Å². The molecule has 1 aliphatic heterocycles. The molecule has 7 rings (SSSR count). The van der Waals surface area contributed by atoms with E-state index in [2.05, 4.69) is 192 Å².